The van der Waals surface area contributed by atoms with Gasteiger partial charge < -0.3 is 9.67 Å². The molecule has 2 aromatic rings. The molecule has 0 aliphatic heterocycles. The summed E-state index contributed by atoms with van der Waals surface area (Å²) in [6.07, 6.45) is 0. The van der Waals surface area contributed by atoms with E-state index < -0.39 is 5.97 Å². The van der Waals surface area contributed by atoms with Gasteiger partial charge >= 0.3 is 5.97 Å². The third-order valence-corrected chi connectivity index (χ3v) is 4.13. The zero-order chi connectivity index (χ0) is 15.2. The van der Waals surface area contributed by atoms with Gasteiger partial charge in [-0.1, -0.05) is 27.7 Å². The Labute approximate surface area is 120 Å². The van der Waals surface area contributed by atoms with Gasteiger partial charge in [-0.3, -0.25) is 0 Å². The molecule has 1 aromatic carbocycles. The number of hydrogen-bond donors (Lipinski definition) is 1. The molecule has 0 bridgehead atoms. The molecule has 108 valence electrons. The summed E-state index contributed by atoms with van der Waals surface area (Å²) in [7, 11) is 1.95. The smallest absolute Gasteiger partial charge is 0.337 e. The van der Waals surface area contributed by atoms with E-state index >= 15 is 0 Å². The van der Waals surface area contributed by atoms with E-state index in [1.54, 1.807) is 0 Å². The predicted molar refractivity (Wildman–Crippen MR) is 82.8 cm³/mol. The Morgan fingerprint density at radius 1 is 1.15 bits per heavy atom. The van der Waals surface area contributed by atoms with Crippen molar-refractivity contribution in [3.63, 3.8) is 0 Å². The molecule has 0 amide bonds. The van der Waals surface area contributed by atoms with E-state index in [1.165, 1.54) is 5.56 Å². The van der Waals surface area contributed by atoms with Gasteiger partial charge in [-0.25, -0.2) is 4.79 Å². The predicted octanol–water partition coefficient (Wildman–Crippen LogP) is 4.43. The molecule has 0 radical (unpaired) electrons. The molecule has 3 nitrogen and oxygen atoms in total. The summed E-state index contributed by atoms with van der Waals surface area (Å²) >= 11 is 0. The van der Waals surface area contributed by atoms with Gasteiger partial charge in [-0.2, -0.15) is 0 Å². The highest BCUT2D eigenvalue weighted by Gasteiger charge is 2.21. The molecule has 0 saturated heterocycles. The van der Waals surface area contributed by atoms with Crippen LogP contribution in [0.4, 0.5) is 0 Å². The molecule has 2 rings (SSSR count). The van der Waals surface area contributed by atoms with Crippen LogP contribution in [0.5, 0.6) is 0 Å². The van der Waals surface area contributed by atoms with E-state index in [2.05, 4.69) is 40.7 Å². The summed E-state index contributed by atoms with van der Waals surface area (Å²) in [6, 6.07) is 3.98. The maximum atomic E-state index is 11.6. The van der Waals surface area contributed by atoms with Crippen molar-refractivity contribution in [1.82, 2.24) is 4.57 Å². The van der Waals surface area contributed by atoms with Crippen LogP contribution in [0.1, 0.15) is 66.7 Å². The second-order valence-corrected chi connectivity index (χ2v) is 6.14. The molecule has 0 spiro atoms. The van der Waals surface area contributed by atoms with E-state index in [9.17, 15) is 9.90 Å². The number of aromatic nitrogens is 1. The zero-order valence-electron chi connectivity index (χ0n) is 13.1. The molecule has 0 aliphatic rings. The normalized spacial score (nSPS) is 11.8. The minimum atomic E-state index is -0.853. The largest absolute Gasteiger partial charge is 0.478 e. The summed E-state index contributed by atoms with van der Waals surface area (Å²) in [5, 5.41) is 10.6. The molecule has 0 unspecified atom stereocenters. The molecule has 3 heteroatoms. The Morgan fingerprint density at radius 3 is 2.20 bits per heavy atom. The average molecular weight is 273 g/mol. The lowest BCUT2D eigenvalue weighted by atomic mass is 9.93. The Balaban J connectivity index is 2.98. The molecule has 0 fully saturated rings. The molecule has 1 N–H and O–H groups in total. The van der Waals surface area contributed by atoms with Crippen LogP contribution in [0.25, 0.3) is 10.9 Å². The van der Waals surface area contributed by atoms with Crippen LogP contribution < -0.4 is 0 Å². The monoisotopic (exact) mass is 273 g/mol. The summed E-state index contributed by atoms with van der Waals surface area (Å²) in [4.78, 5) is 11.6. The standard InChI is InChI=1S/C17H23NO2/c1-9(2)12-7-13-15(10(3)4)11(5)18(6)16(13)14(8-12)17(19)20/h7-10H,1-6H3,(H,19,20). The van der Waals surface area contributed by atoms with E-state index in [1.807, 2.05) is 17.7 Å². The van der Waals surface area contributed by atoms with Gasteiger partial charge in [0.05, 0.1) is 11.1 Å². The summed E-state index contributed by atoms with van der Waals surface area (Å²) in [5.74, 6) is -0.158. The topological polar surface area (TPSA) is 42.2 Å². The van der Waals surface area contributed by atoms with E-state index in [-0.39, 0.29) is 0 Å². The van der Waals surface area contributed by atoms with Crippen LogP contribution in [-0.4, -0.2) is 15.6 Å². The first-order valence-corrected chi connectivity index (χ1v) is 7.11. The number of carbonyl (C=O) groups is 1. The van der Waals surface area contributed by atoms with Crippen molar-refractivity contribution in [1.29, 1.82) is 0 Å². The first kappa shape index (κ1) is 14.6. The zero-order valence-corrected chi connectivity index (χ0v) is 13.1. The molecule has 0 aliphatic carbocycles. The van der Waals surface area contributed by atoms with Crippen LogP contribution in [-0.2, 0) is 7.05 Å². The van der Waals surface area contributed by atoms with Crippen molar-refractivity contribution < 1.29 is 9.90 Å². The minimum Gasteiger partial charge on any atom is -0.478 e. The molecule has 0 atom stereocenters. The van der Waals surface area contributed by atoms with E-state index in [0.29, 0.717) is 17.4 Å². The molecular weight excluding hydrogens is 250 g/mol. The van der Waals surface area contributed by atoms with Crippen LogP contribution in [0.15, 0.2) is 12.1 Å². The number of rotatable bonds is 3. The highest BCUT2D eigenvalue weighted by atomic mass is 16.4. The number of aromatic carboxylic acids is 1. The van der Waals surface area contributed by atoms with Crippen LogP contribution in [0.2, 0.25) is 0 Å². The van der Waals surface area contributed by atoms with Gasteiger partial charge in [0.25, 0.3) is 0 Å². The number of benzene rings is 1. The minimum absolute atomic E-state index is 0.318. The van der Waals surface area contributed by atoms with Crippen molar-refractivity contribution in [3.05, 3.63) is 34.5 Å². The third-order valence-electron chi connectivity index (χ3n) is 4.13. The Hall–Kier alpha value is -1.77. The molecule has 0 saturated carbocycles. The summed E-state index contributed by atoms with van der Waals surface area (Å²) in [6.45, 7) is 10.6. The molecule has 1 aromatic heterocycles. The average Bonchev–Trinajstić information content (AvgIpc) is 2.60. The first-order chi connectivity index (χ1) is 9.25. The highest BCUT2D eigenvalue weighted by Crippen LogP contribution is 2.35. The van der Waals surface area contributed by atoms with Crippen molar-refractivity contribution in [2.75, 3.05) is 0 Å². The highest BCUT2D eigenvalue weighted by molar-refractivity contribution is 6.04. The van der Waals surface area contributed by atoms with Crippen LogP contribution in [0, 0.1) is 6.92 Å². The molecular formula is C17H23NO2. The van der Waals surface area contributed by atoms with Crippen LogP contribution in [0.3, 0.4) is 0 Å². The number of carboxylic acids is 1. The van der Waals surface area contributed by atoms with Gasteiger partial charge in [-0.15, -0.1) is 0 Å². The number of carboxylic acid groups (broad SMARTS) is 1. The third kappa shape index (κ3) is 2.11. The number of fused-ring (bicyclic) bond motifs is 1. The fourth-order valence-electron chi connectivity index (χ4n) is 2.99. The summed E-state index contributed by atoms with van der Waals surface area (Å²) in [5.41, 5.74) is 4.74. The van der Waals surface area contributed by atoms with E-state index in [4.69, 9.17) is 0 Å². The fourth-order valence-corrected chi connectivity index (χ4v) is 2.99. The summed E-state index contributed by atoms with van der Waals surface area (Å²) < 4.78 is 2.01. The van der Waals surface area contributed by atoms with Gasteiger partial charge in [0.2, 0.25) is 0 Å². The molecule has 1 heterocycles. The Bertz CT molecular complexity index is 678. The second kappa shape index (κ2) is 4.97. The van der Waals surface area contributed by atoms with E-state index in [0.717, 1.165) is 22.2 Å². The lowest BCUT2D eigenvalue weighted by Gasteiger charge is -2.10. The maximum Gasteiger partial charge on any atom is 0.337 e. The lowest BCUT2D eigenvalue weighted by molar-refractivity contribution is 0.0698. The Morgan fingerprint density at radius 2 is 1.75 bits per heavy atom. The lowest BCUT2D eigenvalue weighted by Crippen LogP contribution is -2.03. The van der Waals surface area contributed by atoms with Gasteiger partial charge in [0, 0.05) is 18.1 Å². The van der Waals surface area contributed by atoms with Crippen molar-refractivity contribution in [2.45, 2.75) is 46.5 Å². The SMILES string of the molecule is Cc1c(C(C)C)c2cc(C(C)C)cc(C(=O)O)c2n1C. The quantitative estimate of drug-likeness (QED) is 0.898. The van der Waals surface area contributed by atoms with Crippen molar-refractivity contribution in [2.24, 2.45) is 7.05 Å². The fraction of sp³-hybridized carbons (Fsp3) is 0.471. The Kier molecular flexibility index (Phi) is 3.63. The number of hydrogen-bond acceptors (Lipinski definition) is 1. The van der Waals surface area contributed by atoms with Gasteiger partial charge in [0.15, 0.2) is 0 Å². The second-order valence-electron chi connectivity index (χ2n) is 6.14. The van der Waals surface area contributed by atoms with Crippen molar-refractivity contribution >= 4 is 16.9 Å². The first-order valence-electron chi connectivity index (χ1n) is 7.11. The van der Waals surface area contributed by atoms with Crippen molar-refractivity contribution in [3.8, 4) is 0 Å². The number of aryl methyl sites for hydroxylation is 1. The number of nitrogens with zero attached hydrogens (tertiary/aromatic N) is 1. The molecule has 20 heavy (non-hydrogen) atoms. The van der Waals surface area contributed by atoms with Gasteiger partial charge in [-0.05, 0) is 42.0 Å². The van der Waals surface area contributed by atoms with Gasteiger partial charge in [0.1, 0.15) is 0 Å². The maximum absolute atomic E-state index is 11.6. The van der Waals surface area contributed by atoms with Crippen LogP contribution >= 0.6 is 0 Å².